The van der Waals surface area contributed by atoms with E-state index in [0.29, 0.717) is 16.7 Å². The van der Waals surface area contributed by atoms with E-state index in [9.17, 15) is 33.6 Å². The molecule has 0 bridgehead atoms. The Labute approximate surface area is 329 Å². The van der Waals surface area contributed by atoms with E-state index >= 15 is 0 Å². The minimum absolute atomic E-state index is 0.0112. The van der Waals surface area contributed by atoms with Crippen LogP contribution in [0.15, 0.2) is 91.0 Å². The SMILES string of the molecule is N=C(N)CCNC(=O)[C@H]1C[C@H](NC(=O)[C@H]2C[C@H](NC(=O)[C@H]3C[C@H](NC(N)=O)CN3C(=O)c3ccccc3)CN2C(=O)c2ccccc2)CN1C(=O)c1ccccc1. The Bertz CT molecular complexity index is 2000. The number of carbonyl (C=O) groups is 7. The Hall–Kier alpha value is -6.78. The van der Waals surface area contributed by atoms with Crippen LogP contribution in [-0.4, -0.2) is 124 Å². The van der Waals surface area contributed by atoms with Crippen LogP contribution in [0.5, 0.6) is 0 Å². The fourth-order valence-electron chi connectivity index (χ4n) is 7.71. The second-order valence-corrected chi connectivity index (χ2v) is 14.4. The number of amidine groups is 1. The predicted octanol–water partition coefficient (Wildman–Crippen LogP) is 0.179. The monoisotopic (exact) mass is 778 g/mol. The number of benzene rings is 3. The van der Waals surface area contributed by atoms with Crippen molar-refractivity contribution in [1.29, 1.82) is 5.41 Å². The molecule has 0 spiro atoms. The Morgan fingerprint density at radius 2 is 0.860 bits per heavy atom. The lowest BCUT2D eigenvalue weighted by molar-refractivity contribution is -0.126. The highest BCUT2D eigenvalue weighted by atomic mass is 16.2. The lowest BCUT2D eigenvalue weighted by Crippen LogP contribution is -2.49. The van der Waals surface area contributed by atoms with E-state index in [-0.39, 0.29) is 57.7 Å². The van der Waals surface area contributed by atoms with Crippen LogP contribution in [0.2, 0.25) is 0 Å². The number of rotatable bonds is 12. The highest BCUT2D eigenvalue weighted by Crippen LogP contribution is 2.27. The third-order valence-electron chi connectivity index (χ3n) is 10.4. The second-order valence-electron chi connectivity index (χ2n) is 14.4. The molecule has 8 amide bonds. The van der Waals surface area contributed by atoms with E-state index in [0.717, 1.165) is 0 Å². The average molecular weight is 779 g/mol. The third kappa shape index (κ3) is 9.55. The molecule has 17 nitrogen and oxygen atoms in total. The number of nitrogens with zero attached hydrogens (tertiary/aromatic N) is 3. The fraction of sp³-hybridized carbons (Fsp3) is 0.350. The summed E-state index contributed by atoms with van der Waals surface area (Å²) in [4.78, 5) is 98.5. The number of nitrogens with one attached hydrogen (secondary N) is 5. The zero-order valence-electron chi connectivity index (χ0n) is 31.1. The largest absolute Gasteiger partial charge is 0.388 e. The molecule has 0 saturated carbocycles. The number of carbonyl (C=O) groups excluding carboxylic acids is 7. The molecule has 3 aliphatic rings. The third-order valence-corrected chi connectivity index (χ3v) is 10.4. The summed E-state index contributed by atoms with van der Waals surface area (Å²) in [5.74, 6) is -2.85. The lowest BCUT2D eigenvalue weighted by atomic mass is 10.1. The van der Waals surface area contributed by atoms with Crippen molar-refractivity contribution in [3.05, 3.63) is 108 Å². The first-order valence-corrected chi connectivity index (χ1v) is 18.7. The van der Waals surface area contributed by atoms with E-state index in [1.165, 1.54) is 14.7 Å². The van der Waals surface area contributed by atoms with Crippen molar-refractivity contribution in [2.75, 3.05) is 26.2 Å². The molecule has 3 aliphatic heterocycles. The molecular weight excluding hydrogens is 733 g/mol. The highest BCUT2D eigenvalue weighted by Gasteiger charge is 2.46. The summed E-state index contributed by atoms with van der Waals surface area (Å²) in [6, 6.07) is 19.6. The molecule has 6 rings (SSSR count). The van der Waals surface area contributed by atoms with E-state index in [4.69, 9.17) is 16.9 Å². The molecule has 6 atom stereocenters. The maximum Gasteiger partial charge on any atom is 0.312 e. The van der Waals surface area contributed by atoms with Gasteiger partial charge in [-0.25, -0.2) is 4.79 Å². The molecule has 3 saturated heterocycles. The molecule has 9 N–H and O–H groups in total. The van der Waals surface area contributed by atoms with Crippen LogP contribution in [0.4, 0.5) is 4.79 Å². The average Bonchev–Trinajstić information content (AvgIpc) is 3.95. The molecule has 0 aliphatic carbocycles. The maximum absolute atomic E-state index is 14.2. The van der Waals surface area contributed by atoms with E-state index in [1.807, 2.05) is 0 Å². The zero-order chi connectivity index (χ0) is 40.6. The topological polar surface area (TPSA) is 253 Å². The van der Waals surface area contributed by atoms with E-state index in [1.54, 1.807) is 91.0 Å². The van der Waals surface area contributed by atoms with Crippen molar-refractivity contribution in [2.45, 2.75) is 61.9 Å². The van der Waals surface area contributed by atoms with Gasteiger partial charge in [0.05, 0.1) is 11.9 Å². The first-order valence-electron chi connectivity index (χ1n) is 18.7. The van der Waals surface area contributed by atoms with Crippen LogP contribution in [0, 0.1) is 5.41 Å². The summed E-state index contributed by atoms with van der Waals surface area (Å²) in [5, 5.41) is 18.7. The van der Waals surface area contributed by atoms with Crippen LogP contribution >= 0.6 is 0 Å². The van der Waals surface area contributed by atoms with Gasteiger partial charge in [-0.15, -0.1) is 0 Å². The molecule has 0 aromatic heterocycles. The van der Waals surface area contributed by atoms with Crippen LogP contribution < -0.4 is 32.7 Å². The number of likely N-dealkylation sites (tertiary alicyclic amines) is 3. The van der Waals surface area contributed by atoms with Crippen molar-refractivity contribution in [3.63, 3.8) is 0 Å². The van der Waals surface area contributed by atoms with Crippen molar-refractivity contribution >= 4 is 47.3 Å². The Morgan fingerprint density at radius 3 is 1.19 bits per heavy atom. The minimum Gasteiger partial charge on any atom is -0.388 e. The summed E-state index contributed by atoms with van der Waals surface area (Å²) in [6.45, 7) is 0.133. The molecule has 3 heterocycles. The molecule has 0 unspecified atom stereocenters. The summed E-state index contributed by atoms with van der Waals surface area (Å²) in [5.41, 5.74) is 11.9. The first kappa shape index (κ1) is 39.9. The van der Waals surface area contributed by atoms with Gasteiger partial charge in [0.2, 0.25) is 17.7 Å². The van der Waals surface area contributed by atoms with Gasteiger partial charge in [0.1, 0.15) is 18.1 Å². The quantitative estimate of drug-likeness (QED) is 0.0984. The molecule has 3 aromatic rings. The normalized spacial score (nSPS) is 22.7. The zero-order valence-corrected chi connectivity index (χ0v) is 31.1. The van der Waals surface area contributed by atoms with Gasteiger partial charge in [-0.05, 0) is 55.7 Å². The highest BCUT2D eigenvalue weighted by molar-refractivity contribution is 6.00. The molecule has 3 aromatic carbocycles. The van der Waals surface area contributed by atoms with Gasteiger partial charge in [-0.3, -0.25) is 34.2 Å². The van der Waals surface area contributed by atoms with Crippen LogP contribution in [-0.2, 0) is 14.4 Å². The summed E-state index contributed by atoms with van der Waals surface area (Å²) >= 11 is 0. The number of amides is 8. The smallest absolute Gasteiger partial charge is 0.312 e. The Morgan fingerprint density at radius 1 is 0.526 bits per heavy atom. The van der Waals surface area contributed by atoms with Crippen LogP contribution in [0.25, 0.3) is 0 Å². The predicted molar refractivity (Wildman–Crippen MR) is 208 cm³/mol. The van der Waals surface area contributed by atoms with Gasteiger partial charge < -0.3 is 47.4 Å². The molecule has 3 fully saturated rings. The van der Waals surface area contributed by atoms with E-state index in [2.05, 4.69) is 21.3 Å². The van der Waals surface area contributed by atoms with Crippen molar-refractivity contribution in [2.24, 2.45) is 11.5 Å². The first-order chi connectivity index (χ1) is 27.4. The van der Waals surface area contributed by atoms with Crippen molar-refractivity contribution < 1.29 is 33.6 Å². The minimum atomic E-state index is -1.04. The number of primary amides is 1. The van der Waals surface area contributed by atoms with Crippen molar-refractivity contribution in [3.8, 4) is 0 Å². The summed E-state index contributed by atoms with van der Waals surface area (Å²) in [7, 11) is 0. The van der Waals surface area contributed by atoms with E-state index < -0.39 is 77.7 Å². The molecule has 298 valence electrons. The van der Waals surface area contributed by atoms with Gasteiger partial charge in [-0.1, -0.05) is 54.6 Å². The van der Waals surface area contributed by atoms with Gasteiger partial charge >= 0.3 is 6.03 Å². The number of urea groups is 1. The molecular formula is C40H46N10O7. The van der Waals surface area contributed by atoms with Crippen molar-refractivity contribution in [1.82, 2.24) is 36.0 Å². The second kappa shape index (κ2) is 17.8. The summed E-state index contributed by atoms with van der Waals surface area (Å²) < 4.78 is 0. The number of hydrogen-bond acceptors (Lipinski definition) is 8. The molecule has 57 heavy (non-hydrogen) atoms. The number of hydrogen-bond donors (Lipinski definition) is 7. The number of nitrogens with two attached hydrogens (primary N) is 2. The van der Waals surface area contributed by atoms with Crippen LogP contribution in [0.1, 0.15) is 56.8 Å². The fourth-order valence-corrected chi connectivity index (χ4v) is 7.71. The lowest BCUT2D eigenvalue weighted by Gasteiger charge is -2.26. The van der Waals surface area contributed by atoms with Crippen LogP contribution in [0.3, 0.4) is 0 Å². The summed E-state index contributed by atoms with van der Waals surface area (Å²) in [6.07, 6.45) is 0.346. The Kier molecular flexibility index (Phi) is 12.4. The van der Waals surface area contributed by atoms with Gasteiger partial charge in [0, 0.05) is 61.4 Å². The molecule has 0 radical (unpaired) electrons. The molecule has 17 heteroatoms. The standard InChI is InChI=1S/C40H46N10O7/c41-33(42)16-17-44-34(51)30-18-27(21-48(30)37(54)24-10-4-1-5-11-24)45-35(52)31-19-28(22-49(31)38(55)25-12-6-2-7-13-25)46-36(53)32-20-29(47-40(43)57)23-50(32)39(56)26-14-8-3-9-15-26/h1-15,27-32H,16-23H2,(H3,41,42)(H,44,51)(H,45,52)(H,46,53)(H3,43,47,57)/t27-,28-,29-,30+,31+,32+/m0/s1. The maximum atomic E-state index is 14.2. The van der Waals surface area contributed by atoms with Gasteiger partial charge in [0.15, 0.2) is 0 Å². The Balaban J connectivity index is 1.19. The van der Waals surface area contributed by atoms with Gasteiger partial charge in [0.25, 0.3) is 17.7 Å². The van der Waals surface area contributed by atoms with Gasteiger partial charge in [-0.2, -0.15) is 0 Å².